The van der Waals surface area contributed by atoms with Gasteiger partial charge in [0.2, 0.25) is 0 Å². The Morgan fingerprint density at radius 1 is 1.00 bits per heavy atom. The van der Waals surface area contributed by atoms with Crippen LogP contribution < -0.4 is 0 Å². The fourth-order valence-corrected chi connectivity index (χ4v) is 0. The van der Waals surface area contributed by atoms with Crippen molar-refractivity contribution in [3.05, 3.63) is 0 Å². The minimum atomic E-state index is -0.745. The number of hydrogen-bond acceptors (Lipinski definition) is 2. The zero-order valence-electron chi connectivity index (χ0n) is 6.83. The van der Waals surface area contributed by atoms with Gasteiger partial charge in [0.05, 0.1) is 0 Å². The van der Waals surface area contributed by atoms with Gasteiger partial charge in [-0.25, -0.2) is 0 Å². The van der Waals surface area contributed by atoms with E-state index in [0.29, 0.717) is 0 Å². The van der Waals surface area contributed by atoms with Gasteiger partial charge in [0.1, 0.15) is 0 Å². The van der Waals surface area contributed by atoms with Gasteiger partial charge in [0.25, 0.3) is 0 Å². The molecule has 0 aliphatic heterocycles. The van der Waals surface area contributed by atoms with Crippen molar-refractivity contribution in [3.63, 3.8) is 0 Å². The molecule has 0 atom stereocenters. The number of carboxylic acid groups (broad SMARTS) is 2. The molecule has 0 aromatic carbocycles. The van der Waals surface area contributed by atoms with Crippen LogP contribution in [0.1, 0.15) is 26.7 Å². The third-order valence-electron chi connectivity index (χ3n) is 0.605. The van der Waals surface area contributed by atoms with E-state index in [-0.39, 0.29) is 32.3 Å². The van der Waals surface area contributed by atoms with Crippen molar-refractivity contribution in [3.8, 4) is 0 Å². The molecule has 0 aliphatic carbocycles. The molecule has 62 valence electrons. The summed E-state index contributed by atoms with van der Waals surface area (Å²) in [6.07, 6.45) is 0.444. The fourth-order valence-electron chi connectivity index (χ4n) is 0. The molecule has 0 unspecified atom stereocenters. The molecule has 0 spiro atoms. The first-order valence-corrected chi connectivity index (χ1v) is 2.98. The number of hydrogen-bond donors (Lipinski definition) is 2. The van der Waals surface area contributed by atoms with E-state index in [9.17, 15) is 9.59 Å². The van der Waals surface area contributed by atoms with Crippen LogP contribution in [0.5, 0.6) is 0 Å². The maximum Gasteiger partial charge on any atom is 0.303 e. The SMILES string of the molecule is C[13CH2]C(=O)O.C[13CH2]C(=O)O.[Zn]. The second-order valence-electron chi connectivity index (χ2n) is 1.49. The molecule has 0 aromatic heterocycles. The molecule has 11 heavy (non-hydrogen) atoms. The van der Waals surface area contributed by atoms with Crippen LogP contribution >= 0.6 is 0 Å². The Kier molecular flexibility index (Phi) is 18.8. The van der Waals surface area contributed by atoms with Crippen LogP contribution in [0.4, 0.5) is 0 Å². The maximum absolute atomic E-state index is 9.37. The third kappa shape index (κ3) is 43.1. The summed E-state index contributed by atoms with van der Waals surface area (Å²) in [5.74, 6) is -1.49. The molecule has 0 saturated heterocycles. The summed E-state index contributed by atoms with van der Waals surface area (Å²) in [5.41, 5.74) is 0. The van der Waals surface area contributed by atoms with Gasteiger partial charge in [0, 0.05) is 32.3 Å². The fraction of sp³-hybridized carbons (Fsp3) is 0.667. The third-order valence-corrected chi connectivity index (χ3v) is 0.605. The summed E-state index contributed by atoms with van der Waals surface area (Å²) in [6.45, 7) is 3.20. The van der Waals surface area contributed by atoms with Crippen LogP contribution in [-0.4, -0.2) is 22.2 Å². The molecule has 0 aliphatic rings. The van der Waals surface area contributed by atoms with E-state index in [2.05, 4.69) is 0 Å². The molecule has 0 amide bonds. The first-order valence-electron chi connectivity index (χ1n) is 2.98. The predicted molar refractivity (Wildman–Crippen MR) is 35.9 cm³/mol. The van der Waals surface area contributed by atoms with Crippen LogP contribution in [0.3, 0.4) is 0 Å². The van der Waals surface area contributed by atoms with Gasteiger partial charge in [-0.15, -0.1) is 0 Å². The van der Waals surface area contributed by atoms with Gasteiger partial charge in [-0.05, 0) is 0 Å². The van der Waals surface area contributed by atoms with Gasteiger partial charge < -0.3 is 10.2 Å². The van der Waals surface area contributed by atoms with E-state index >= 15 is 0 Å². The first-order chi connectivity index (χ1) is 4.54. The van der Waals surface area contributed by atoms with E-state index in [1.54, 1.807) is 13.8 Å². The number of carboxylic acids is 2. The summed E-state index contributed by atoms with van der Waals surface area (Å²) in [7, 11) is 0. The zero-order valence-corrected chi connectivity index (χ0v) is 9.80. The van der Waals surface area contributed by atoms with Crippen LogP contribution in [-0.2, 0) is 29.1 Å². The molecule has 4 nitrogen and oxygen atoms in total. The van der Waals surface area contributed by atoms with Crippen molar-refractivity contribution in [2.45, 2.75) is 26.7 Å². The standard InChI is InChI=1S/2C3H6O2.Zn/c2*1-2-3(4)5;/h2*2H2,1H3,(H,4,5);/i2*2+1;. The van der Waals surface area contributed by atoms with Gasteiger partial charge in [-0.3, -0.25) is 9.59 Å². The van der Waals surface area contributed by atoms with E-state index in [1.807, 2.05) is 0 Å². The maximum atomic E-state index is 9.37. The van der Waals surface area contributed by atoms with Crippen LogP contribution in [0.2, 0.25) is 0 Å². The smallest absolute Gasteiger partial charge is 0.303 e. The Labute approximate surface area is 78.4 Å². The molecule has 0 rings (SSSR count). The Bertz CT molecular complexity index is 99.1. The first kappa shape index (κ1) is 16.9. The van der Waals surface area contributed by atoms with Crippen LogP contribution in [0, 0.1) is 0 Å². The quantitative estimate of drug-likeness (QED) is 0.531. The molecule has 0 heterocycles. The summed E-state index contributed by atoms with van der Waals surface area (Å²) in [6, 6.07) is 0. The molecular formula is C6H12O4Zn. The van der Waals surface area contributed by atoms with Crippen molar-refractivity contribution in [1.29, 1.82) is 0 Å². The van der Waals surface area contributed by atoms with Gasteiger partial charge in [-0.1, -0.05) is 13.8 Å². The molecule has 5 heteroatoms. The average molecular weight is 216 g/mol. The average Bonchev–Trinajstić information content (AvgIpc) is 1.89. The minimum absolute atomic E-state index is 0. The monoisotopic (exact) mass is 214 g/mol. The van der Waals surface area contributed by atoms with Gasteiger partial charge >= 0.3 is 11.9 Å². The molecule has 0 bridgehead atoms. The molecule has 0 saturated carbocycles. The largest absolute Gasteiger partial charge is 0.481 e. The number of carbonyl (C=O) groups is 2. The number of rotatable bonds is 2. The van der Waals surface area contributed by atoms with Crippen molar-refractivity contribution in [2.75, 3.05) is 0 Å². The van der Waals surface area contributed by atoms with E-state index < -0.39 is 11.9 Å². The molecule has 2 N–H and O–H groups in total. The summed E-state index contributed by atoms with van der Waals surface area (Å²) in [4.78, 5) is 18.7. The van der Waals surface area contributed by atoms with Crippen LogP contribution in [0.25, 0.3) is 0 Å². The molecular weight excluding hydrogens is 203 g/mol. The summed E-state index contributed by atoms with van der Waals surface area (Å²) < 4.78 is 0. The van der Waals surface area contributed by atoms with Crippen molar-refractivity contribution in [1.82, 2.24) is 0 Å². The Morgan fingerprint density at radius 2 is 1.09 bits per heavy atom. The van der Waals surface area contributed by atoms with Crippen LogP contribution in [0.15, 0.2) is 0 Å². The Balaban J connectivity index is -0.000000107. The Hall–Kier alpha value is -0.437. The minimum Gasteiger partial charge on any atom is -0.481 e. The zero-order chi connectivity index (χ0) is 8.57. The molecule has 0 radical (unpaired) electrons. The van der Waals surface area contributed by atoms with E-state index in [1.165, 1.54) is 0 Å². The normalized spacial score (nSPS) is 6.73. The summed E-state index contributed by atoms with van der Waals surface area (Å²) >= 11 is 0. The second kappa shape index (κ2) is 12.3. The van der Waals surface area contributed by atoms with Gasteiger partial charge in [0.15, 0.2) is 0 Å². The number of aliphatic carboxylic acids is 2. The topological polar surface area (TPSA) is 74.6 Å². The molecule has 0 aromatic rings. The summed E-state index contributed by atoms with van der Waals surface area (Å²) in [5, 5.41) is 15.4. The van der Waals surface area contributed by atoms with Crippen molar-refractivity contribution in [2.24, 2.45) is 0 Å². The van der Waals surface area contributed by atoms with Crippen molar-refractivity contribution < 1.29 is 39.3 Å². The molecule has 0 fully saturated rings. The van der Waals surface area contributed by atoms with Crippen molar-refractivity contribution >= 4 is 11.9 Å². The van der Waals surface area contributed by atoms with E-state index in [4.69, 9.17) is 10.2 Å². The van der Waals surface area contributed by atoms with Gasteiger partial charge in [-0.2, -0.15) is 0 Å². The second-order valence-corrected chi connectivity index (χ2v) is 1.49. The van der Waals surface area contributed by atoms with E-state index in [0.717, 1.165) is 0 Å². The Morgan fingerprint density at radius 3 is 1.09 bits per heavy atom. The predicted octanol–water partition coefficient (Wildman–Crippen LogP) is 0.960.